The smallest absolute Gasteiger partial charge is 0.273 e. The van der Waals surface area contributed by atoms with Crippen LogP contribution in [0.25, 0.3) is 0 Å². The molecule has 0 aliphatic heterocycles. The van der Waals surface area contributed by atoms with Crippen LogP contribution in [-0.4, -0.2) is 45.3 Å². The van der Waals surface area contributed by atoms with Crippen LogP contribution in [0.3, 0.4) is 0 Å². The maximum absolute atomic E-state index is 11.6. The maximum atomic E-state index is 11.6. The Labute approximate surface area is 112 Å². The molecule has 0 fully saturated rings. The first-order valence-electron chi connectivity index (χ1n) is 5.05. The molecule has 0 spiro atoms. The van der Waals surface area contributed by atoms with Gasteiger partial charge in [-0.05, 0) is 0 Å². The van der Waals surface area contributed by atoms with Crippen LogP contribution < -0.4 is 0 Å². The third-order valence-corrected chi connectivity index (χ3v) is 7.63. The van der Waals surface area contributed by atoms with E-state index < -0.39 is 14.5 Å². The van der Waals surface area contributed by atoms with Crippen molar-refractivity contribution in [3.63, 3.8) is 0 Å². The minimum atomic E-state index is -1.22. The van der Waals surface area contributed by atoms with E-state index >= 15 is 0 Å². The summed E-state index contributed by atoms with van der Waals surface area (Å²) in [5.41, 5.74) is 0. The number of hydrogen-bond acceptors (Lipinski definition) is 1. The number of carbonyl (C=O) groups is 1. The fourth-order valence-electron chi connectivity index (χ4n) is 1.24. The average molecular weight is 300 g/mol. The van der Waals surface area contributed by atoms with Gasteiger partial charge in [0.2, 0.25) is 0 Å². The van der Waals surface area contributed by atoms with Crippen molar-refractivity contribution >= 4 is 19.8 Å². The van der Waals surface area contributed by atoms with Crippen LogP contribution in [0.4, 0.5) is 4.79 Å². The van der Waals surface area contributed by atoms with Gasteiger partial charge >= 0.3 is 5.27 Å². The summed E-state index contributed by atoms with van der Waals surface area (Å²) in [5.74, 6) is 0. The van der Waals surface area contributed by atoms with Crippen molar-refractivity contribution < 1.29 is 21.9 Å². The van der Waals surface area contributed by atoms with Crippen LogP contribution in [-0.2, 0) is 17.1 Å². The molecule has 0 aromatic heterocycles. The van der Waals surface area contributed by atoms with Crippen LogP contribution in [0, 0.1) is 6.08 Å². The molecule has 1 aliphatic carbocycles. The Bertz CT molecular complexity index is 244. The van der Waals surface area contributed by atoms with E-state index in [9.17, 15) is 4.79 Å². The molecule has 1 aliphatic rings. The van der Waals surface area contributed by atoms with Gasteiger partial charge in [0.1, 0.15) is 14.5 Å². The molecule has 0 atom stereocenters. The third kappa shape index (κ3) is 8.66. The SMILES string of the molecule is C[P+](C)(C)C(=O)[P+](C)(C)C.[C-]1=CC=CC1.[Mn]. The van der Waals surface area contributed by atoms with Crippen molar-refractivity contribution in [3.05, 3.63) is 24.3 Å². The summed E-state index contributed by atoms with van der Waals surface area (Å²) >= 11 is 0. The number of allylic oxidation sites excluding steroid dienone is 4. The van der Waals surface area contributed by atoms with Gasteiger partial charge in [-0.1, -0.05) is 0 Å². The molecule has 93 valence electrons. The first-order valence-corrected chi connectivity index (χ1v) is 11.3. The zero-order valence-electron chi connectivity index (χ0n) is 11.1. The number of rotatable bonds is 2. The molecule has 1 rings (SSSR count). The van der Waals surface area contributed by atoms with E-state index in [-0.39, 0.29) is 17.1 Å². The fraction of sp³-hybridized carbons (Fsp3) is 0.583. The molecule has 0 saturated heterocycles. The summed E-state index contributed by atoms with van der Waals surface area (Å²) in [5, 5.41) is 0.542. The Morgan fingerprint density at radius 2 is 1.50 bits per heavy atom. The minimum Gasteiger partial charge on any atom is -0.273 e. The Morgan fingerprint density at radius 3 is 1.56 bits per heavy atom. The molecule has 1 nitrogen and oxygen atoms in total. The normalized spacial score (nSPS) is 13.9. The first-order chi connectivity index (χ1) is 6.65. The van der Waals surface area contributed by atoms with Gasteiger partial charge in [-0.25, -0.2) is 16.9 Å². The van der Waals surface area contributed by atoms with E-state index in [0.717, 1.165) is 6.42 Å². The molecular weight excluding hydrogens is 277 g/mol. The van der Waals surface area contributed by atoms with Gasteiger partial charge in [0, 0.05) is 17.1 Å². The van der Waals surface area contributed by atoms with E-state index in [4.69, 9.17) is 0 Å². The Hall–Kier alpha value is 0.529. The standard InChI is InChI=1S/C7H18OP2.C5H5.Mn/c1-9(2,3)7(8)10(4,5)6;1-2-4-5-3-1;/h1-6H3;1-3H,4H2;/q+2;-1;. The summed E-state index contributed by atoms with van der Waals surface area (Å²) in [4.78, 5) is 11.6. The number of carbonyl (C=O) groups excluding carboxylic acids is 1. The second-order valence-corrected chi connectivity index (χ2v) is 14.5. The zero-order valence-corrected chi connectivity index (χ0v) is 14.1. The molecule has 16 heavy (non-hydrogen) atoms. The zero-order chi connectivity index (χ0) is 12.1. The molecule has 4 heteroatoms. The van der Waals surface area contributed by atoms with Crippen LogP contribution in [0.2, 0.25) is 0 Å². The van der Waals surface area contributed by atoms with Gasteiger partial charge in [-0.15, -0.1) is 6.42 Å². The molecule has 0 unspecified atom stereocenters. The Balaban J connectivity index is 0. The van der Waals surface area contributed by atoms with Crippen molar-refractivity contribution in [3.8, 4) is 0 Å². The molecule has 0 saturated carbocycles. The summed E-state index contributed by atoms with van der Waals surface area (Å²) < 4.78 is 0. The van der Waals surface area contributed by atoms with Gasteiger partial charge in [0.15, 0.2) is 0 Å². The predicted octanol–water partition coefficient (Wildman–Crippen LogP) is 4.22. The monoisotopic (exact) mass is 300 g/mol. The van der Waals surface area contributed by atoms with Crippen LogP contribution >= 0.6 is 14.5 Å². The molecule has 0 aromatic carbocycles. The van der Waals surface area contributed by atoms with Crippen LogP contribution in [0.15, 0.2) is 18.2 Å². The third-order valence-electron chi connectivity index (χ3n) is 1.73. The van der Waals surface area contributed by atoms with Crippen LogP contribution in [0.5, 0.6) is 0 Å². The van der Waals surface area contributed by atoms with Gasteiger partial charge < -0.3 is 0 Å². The molecule has 0 amide bonds. The Kier molecular flexibility index (Phi) is 9.18. The van der Waals surface area contributed by atoms with Gasteiger partial charge in [0.25, 0.3) is 0 Å². The Morgan fingerprint density at radius 1 is 1.06 bits per heavy atom. The average Bonchev–Trinajstić information content (AvgIpc) is 2.56. The topological polar surface area (TPSA) is 17.1 Å². The largest absolute Gasteiger partial charge is 0.394 e. The minimum absolute atomic E-state index is 0. The molecule has 0 heterocycles. The quantitative estimate of drug-likeness (QED) is 0.424. The van der Waals surface area contributed by atoms with Gasteiger partial charge in [0.05, 0.1) is 40.0 Å². The second-order valence-electron chi connectivity index (χ2n) is 5.31. The van der Waals surface area contributed by atoms with E-state index in [1.807, 2.05) is 12.2 Å². The summed E-state index contributed by atoms with van der Waals surface area (Å²) in [7, 11) is -2.44. The van der Waals surface area contributed by atoms with Crippen molar-refractivity contribution in [2.45, 2.75) is 6.42 Å². The van der Waals surface area contributed by atoms with E-state index in [0.29, 0.717) is 5.27 Å². The van der Waals surface area contributed by atoms with Gasteiger partial charge in [-0.2, -0.15) is 6.08 Å². The van der Waals surface area contributed by atoms with Crippen molar-refractivity contribution in [1.29, 1.82) is 0 Å². The van der Waals surface area contributed by atoms with Crippen molar-refractivity contribution in [2.24, 2.45) is 0 Å². The first kappa shape index (κ1) is 18.9. The molecular formula is C12H23MnOP2+. The summed E-state index contributed by atoms with van der Waals surface area (Å²) in [6.45, 7) is 12.6. The maximum Gasteiger partial charge on any atom is 0.394 e. The summed E-state index contributed by atoms with van der Waals surface area (Å²) in [6, 6.07) is 0. The fourth-order valence-corrected chi connectivity index (χ4v) is 8.44. The van der Waals surface area contributed by atoms with E-state index in [2.05, 4.69) is 52.1 Å². The molecule has 0 aromatic rings. The predicted molar refractivity (Wildman–Crippen MR) is 76.4 cm³/mol. The summed E-state index contributed by atoms with van der Waals surface area (Å²) in [6.07, 6.45) is 10.0. The van der Waals surface area contributed by atoms with Crippen LogP contribution in [0.1, 0.15) is 6.42 Å². The molecule has 0 bridgehead atoms. The number of hydrogen-bond donors (Lipinski definition) is 0. The van der Waals surface area contributed by atoms with E-state index in [1.165, 1.54) is 0 Å². The molecule has 1 radical (unpaired) electrons. The molecule has 0 N–H and O–H groups in total. The second kappa shape index (κ2) is 7.78. The van der Waals surface area contributed by atoms with Gasteiger partial charge in [-0.3, -0.25) is 6.08 Å². The van der Waals surface area contributed by atoms with E-state index in [1.54, 1.807) is 0 Å². The van der Waals surface area contributed by atoms with Crippen molar-refractivity contribution in [2.75, 3.05) is 40.0 Å². The van der Waals surface area contributed by atoms with Crippen molar-refractivity contribution in [1.82, 2.24) is 0 Å².